The van der Waals surface area contributed by atoms with Gasteiger partial charge in [0, 0.05) is 30.0 Å². The summed E-state index contributed by atoms with van der Waals surface area (Å²) in [7, 11) is 1.78. The predicted molar refractivity (Wildman–Crippen MR) is 93.6 cm³/mol. The largest absolute Gasteiger partial charge is 0.390 e. The first-order valence-electron chi connectivity index (χ1n) is 7.04. The standard InChI is InChI=1S/C16H22BrClN2O/c1-3-4-5-16(19-2)20(15(10-18)12-21)11-13-6-8-14(17)9-7-13/h6-10,21H,3-5,11-12H2,1-2H3/b15-10+,19-16?. The highest BCUT2D eigenvalue weighted by Crippen LogP contribution is 2.18. The van der Waals surface area contributed by atoms with Crippen LogP contribution in [0.4, 0.5) is 0 Å². The lowest BCUT2D eigenvalue weighted by Gasteiger charge is -2.27. The molecule has 0 saturated heterocycles. The van der Waals surface area contributed by atoms with E-state index in [1.165, 1.54) is 5.54 Å². The Morgan fingerprint density at radius 1 is 1.38 bits per heavy atom. The molecule has 0 saturated carbocycles. The molecule has 0 unspecified atom stereocenters. The van der Waals surface area contributed by atoms with Crippen molar-refractivity contribution >= 4 is 33.4 Å². The number of halogens is 2. The van der Waals surface area contributed by atoms with Crippen LogP contribution in [0.25, 0.3) is 0 Å². The number of rotatable bonds is 7. The van der Waals surface area contributed by atoms with E-state index >= 15 is 0 Å². The van der Waals surface area contributed by atoms with Crippen LogP contribution < -0.4 is 0 Å². The van der Waals surface area contributed by atoms with E-state index in [1.54, 1.807) is 7.05 Å². The van der Waals surface area contributed by atoms with Gasteiger partial charge < -0.3 is 10.0 Å². The van der Waals surface area contributed by atoms with Gasteiger partial charge in [-0.1, -0.05) is 53.0 Å². The minimum absolute atomic E-state index is 0.106. The lowest BCUT2D eigenvalue weighted by Crippen LogP contribution is -2.31. The molecule has 1 aromatic rings. The molecular weight excluding hydrogens is 352 g/mol. The lowest BCUT2D eigenvalue weighted by molar-refractivity contribution is 0.291. The number of nitrogens with zero attached hydrogens (tertiary/aromatic N) is 2. The Labute approximate surface area is 140 Å². The molecule has 0 aliphatic heterocycles. The van der Waals surface area contributed by atoms with Gasteiger partial charge in [0.25, 0.3) is 0 Å². The summed E-state index contributed by atoms with van der Waals surface area (Å²) in [4.78, 5) is 6.37. The summed E-state index contributed by atoms with van der Waals surface area (Å²) in [5.41, 5.74) is 3.23. The van der Waals surface area contributed by atoms with Crippen molar-refractivity contribution in [3.63, 3.8) is 0 Å². The Kier molecular flexibility index (Phi) is 8.66. The highest BCUT2D eigenvalue weighted by molar-refractivity contribution is 9.10. The molecule has 0 spiro atoms. The molecule has 0 bridgehead atoms. The molecule has 0 aliphatic carbocycles. The van der Waals surface area contributed by atoms with Crippen molar-refractivity contribution in [1.29, 1.82) is 0 Å². The van der Waals surface area contributed by atoms with Crippen LogP contribution >= 0.6 is 27.5 Å². The minimum Gasteiger partial charge on any atom is -0.390 e. The molecule has 1 N–H and O–H groups in total. The zero-order valence-electron chi connectivity index (χ0n) is 12.5. The maximum Gasteiger partial charge on any atom is 0.103 e. The summed E-state index contributed by atoms with van der Waals surface area (Å²) in [6.07, 6.45) is 3.03. The fraction of sp³-hybridized carbons (Fsp3) is 0.438. The van der Waals surface area contributed by atoms with Gasteiger partial charge >= 0.3 is 0 Å². The van der Waals surface area contributed by atoms with Crippen LogP contribution in [0.3, 0.4) is 0 Å². The van der Waals surface area contributed by atoms with E-state index in [9.17, 15) is 5.11 Å². The third-order valence-electron chi connectivity index (χ3n) is 3.21. The van der Waals surface area contributed by atoms with E-state index in [1.807, 2.05) is 29.2 Å². The number of aliphatic hydroxyl groups excluding tert-OH is 1. The van der Waals surface area contributed by atoms with Gasteiger partial charge in [0.05, 0.1) is 12.3 Å². The van der Waals surface area contributed by atoms with Crippen LogP contribution in [0, 0.1) is 0 Å². The van der Waals surface area contributed by atoms with Gasteiger partial charge in [-0.05, 0) is 24.1 Å². The molecule has 0 fully saturated rings. The van der Waals surface area contributed by atoms with Gasteiger partial charge in [0.2, 0.25) is 0 Å². The summed E-state index contributed by atoms with van der Waals surface area (Å²) in [5, 5.41) is 9.53. The number of unbranched alkanes of at least 4 members (excludes halogenated alkanes) is 1. The maximum absolute atomic E-state index is 9.53. The summed E-state index contributed by atoms with van der Waals surface area (Å²) < 4.78 is 1.04. The SMILES string of the molecule is CCCCC(=NC)N(Cc1ccc(Br)cc1)/C(=C/Cl)CO. The molecule has 0 aliphatic rings. The molecule has 0 aromatic heterocycles. The summed E-state index contributed by atoms with van der Waals surface area (Å²) in [5.74, 6) is 0.945. The molecule has 1 rings (SSSR count). The first kappa shape index (κ1) is 18.2. The molecule has 0 amide bonds. The number of hydrogen-bond acceptors (Lipinski definition) is 2. The van der Waals surface area contributed by atoms with Crippen LogP contribution in [-0.2, 0) is 6.54 Å². The summed E-state index contributed by atoms with van der Waals surface area (Å²) in [6.45, 7) is 2.69. The van der Waals surface area contributed by atoms with E-state index in [2.05, 4.69) is 27.8 Å². The number of aliphatic hydroxyl groups is 1. The average molecular weight is 374 g/mol. The number of amidine groups is 1. The Morgan fingerprint density at radius 3 is 2.52 bits per heavy atom. The molecule has 3 nitrogen and oxygen atoms in total. The second kappa shape index (κ2) is 9.98. The Balaban J connectivity index is 2.98. The van der Waals surface area contributed by atoms with Crippen LogP contribution in [0.5, 0.6) is 0 Å². The topological polar surface area (TPSA) is 35.8 Å². The van der Waals surface area contributed by atoms with Crippen LogP contribution in [0.15, 0.2) is 45.0 Å². The van der Waals surface area contributed by atoms with Crippen molar-refractivity contribution < 1.29 is 5.11 Å². The lowest BCUT2D eigenvalue weighted by atomic mass is 10.1. The van der Waals surface area contributed by atoms with E-state index < -0.39 is 0 Å². The third-order valence-corrected chi connectivity index (χ3v) is 3.99. The molecule has 116 valence electrons. The van der Waals surface area contributed by atoms with Gasteiger partial charge in [0.1, 0.15) is 5.84 Å². The second-order valence-corrected chi connectivity index (χ2v) is 5.85. The quantitative estimate of drug-likeness (QED) is 0.562. The van der Waals surface area contributed by atoms with E-state index in [0.29, 0.717) is 12.2 Å². The first-order chi connectivity index (χ1) is 10.2. The third kappa shape index (κ3) is 5.81. The molecule has 5 heteroatoms. The number of hydrogen-bond donors (Lipinski definition) is 1. The van der Waals surface area contributed by atoms with Crippen molar-refractivity contribution in [3.05, 3.63) is 45.5 Å². The molecule has 21 heavy (non-hydrogen) atoms. The van der Waals surface area contributed by atoms with Gasteiger partial charge in [-0.25, -0.2) is 0 Å². The van der Waals surface area contributed by atoms with E-state index in [4.69, 9.17) is 11.6 Å². The predicted octanol–water partition coefficient (Wildman–Crippen LogP) is 4.54. The van der Waals surface area contributed by atoms with Crippen molar-refractivity contribution in [2.75, 3.05) is 13.7 Å². The van der Waals surface area contributed by atoms with Crippen molar-refractivity contribution in [2.24, 2.45) is 4.99 Å². The van der Waals surface area contributed by atoms with Gasteiger partial charge in [-0.15, -0.1) is 0 Å². The van der Waals surface area contributed by atoms with Crippen LogP contribution in [0.2, 0.25) is 0 Å². The van der Waals surface area contributed by atoms with Crippen molar-refractivity contribution in [2.45, 2.75) is 32.7 Å². The van der Waals surface area contributed by atoms with Gasteiger partial charge in [0.15, 0.2) is 0 Å². The molecule has 0 heterocycles. The van der Waals surface area contributed by atoms with Crippen LogP contribution in [-0.4, -0.2) is 29.5 Å². The van der Waals surface area contributed by atoms with Crippen LogP contribution in [0.1, 0.15) is 31.7 Å². The maximum atomic E-state index is 9.53. The summed E-state index contributed by atoms with van der Waals surface area (Å²) in [6, 6.07) is 8.11. The zero-order valence-corrected chi connectivity index (χ0v) is 14.9. The number of benzene rings is 1. The normalized spacial score (nSPS) is 12.6. The molecule has 0 atom stereocenters. The Morgan fingerprint density at radius 2 is 2.05 bits per heavy atom. The Hall–Kier alpha value is -0.840. The fourth-order valence-corrected chi connectivity index (χ4v) is 2.46. The van der Waals surface area contributed by atoms with Gasteiger partial charge in [-0.2, -0.15) is 0 Å². The highest BCUT2D eigenvalue weighted by atomic mass is 79.9. The zero-order chi connectivity index (χ0) is 15.7. The Bertz CT molecular complexity index is 486. The smallest absolute Gasteiger partial charge is 0.103 e. The highest BCUT2D eigenvalue weighted by Gasteiger charge is 2.15. The second-order valence-electron chi connectivity index (χ2n) is 4.71. The average Bonchev–Trinajstić information content (AvgIpc) is 2.51. The molecule has 0 radical (unpaired) electrons. The molecular formula is C16H22BrClN2O. The van der Waals surface area contributed by atoms with E-state index in [-0.39, 0.29) is 6.61 Å². The fourth-order valence-electron chi connectivity index (χ4n) is 2.01. The molecule has 1 aromatic carbocycles. The first-order valence-corrected chi connectivity index (χ1v) is 8.26. The van der Waals surface area contributed by atoms with Crippen molar-refractivity contribution in [3.8, 4) is 0 Å². The van der Waals surface area contributed by atoms with Gasteiger partial charge in [-0.3, -0.25) is 4.99 Å². The van der Waals surface area contributed by atoms with Crippen molar-refractivity contribution in [1.82, 2.24) is 4.90 Å². The minimum atomic E-state index is -0.106. The summed E-state index contributed by atoms with van der Waals surface area (Å²) >= 11 is 9.30. The van der Waals surface area contributed by atoms with E-state index in [0.717, 1.165) is 35.1 Å². The monoisotopic (exact) mass is 372 g/mol. The number of aliphatic imine (C=N–C) groups is 1.